The van der Waals surface area contributed by atoms with E-state index >= 15 is 0 Å². The lowest BCUT2D eigenvalue weighted by molar-refractivity contribution is -0.120. The van der Waals surface area contributed by atoms with Crippen molar-refractivity contribution < 1.29 is 4.79 Å². The molecule has 4 rings (SSSR count). The molecule has 2 aromatic heterocycles. The summed E-state index contributed by atoms with van der Waals surface area (Å²) in [5.74, 6) is 0.779. The zero-order valence-electron chi connectivity index (χ0n) is 13.8. The molecule has 0 unspecified atom stereocenters. The number of fused-ring (bicyclic) bond motifs is 4. The van der Waals surface area contributed by atoms with E-state index in [4.69, 9.17) is 0 Å². The summed E-state index contributed by atoms with van der Waals surface area (Å²) < 4.78 is 1.77. The van der Waals surface area contributed by atoms with E-state index < -0.39 is 0 Å². The van der Waals surface area contributed by atoms with E-state index in [9.17, 15) is 4.79 Å². The SMILES string of the molecule is O=C1CCNc2ccn3ncc(c3n2)-c2cccc(c2)CNCCN1. The normalized spacial score (nSPS) is 15.8. The fraction of sp³-hybridized carbons (Fsp3) is 0.278. The third-order valence-electron chi connectivity index (χ3n) is 4.22. The van der Waals surface area contributed by atoms with Crippen molar-refractivity contribution >= 4 is 17.4 Å². The van der Waals surface area contributed by atoms with Crippen LogP contribution in [0, 0.1) is 0 Å². The van der Waals surface area contributed by atoms with Crippen molar-refractivity contribution in [1.29, 1.82) is 0 Å². The van der Waals surface area contributed by atoms with E-state index in [-0.39, 0.29) is 5.91 Å². The Balaban J connectivity index is 1.73. The average Bonchev–Trinajstić information content (AvgIpc) is 3.04. The number of carbonyl (C=O) groups excluding carboxylic acids is 1. The summed E-state index contributed by atoms with van der Waals surface area (Å²) in [6, 6.07) is 10.2. The molecule has 7 nitrogen and oxygen atoms in total. The number of anilines is 1. The molecule has 0 aliphatic carbocycles. The third kappa shape index (κ3) is 3.46. The molecule has 3 heterocycles. The Bertz CT molecular complexity index is 903. The van der Waals surface area contributed by atoms with Crippen molar-refractivity contribution in [3.05, 3.63) is 48.3 Å². The monoisotopic (exact) mass is 336 g/mol. The van der Waals surface area contributed by atoms with Crippen LogP contribution in [-0.2, 0) is 11.3 Å². The largest absolute Gasteiger partial charge is 0.369 e. The second kappa shape index (κ2) is 6.90. The fourth-order valence-electron chi connectivity index (χ4n) is 2.94. The number of hydrogen-bond donors (Lipinski definition) is 3. The van der Waals surface area contributed by atoms with Gasteiger partial charge in [-0.25, -0.2) is 9.50 Å². The summed E-state index contributed by atoms with van der Waals surface area (Å²) >= 11 is 0. The van der Waals surface area contributed by atoms with E-state index in [0.717, 1.165) is 35.7 Å². The first-order chi connectivity index (χ1) is 12.3. The van der Waals surface area contributed by atoms with Crippen LogP contribution in [0.15, 0.2) is 42.7 Å². The van der Waals surface area contributed by atoms with Crippen molar-refractivity contribution in [2.75, 3.05) is 25.0 Å². The zero-order valence-corrected chi connectivity index (χ0v) is 13.8. The van der Waals surface area contributed by atoms with Gasteiger partial charge >= 0.3 is 0 Å². The van der Waals surface area contributed by atoms with Gasteiger partial charge < -0.3 is 16.0 Å². The first kappa shape index (κ1) is 15.6. The molecule has 1 amide bonds. The van der Waals surface area contributed by atoms with Gasteiger partial charge in [-0.1, -0.05) is 18.2 Å². The van der Waals surface area contributed by atoms with E-state index in [1.54, 1.807) is 4.52 Å². The van der Waals surface area contributed by atoms with Crippen molar-refractivity contribution in [2.45, 2.75) is 13.0 Å². The molecule has 128 valence electrons. The molecule has 4 bridgehead atoms. The highest BCUT2D eigenvalue weighted by Crippen LogP contribution is 2.25. The number of carbonyl (C=O) groups is 1. The minimum atomic E-state index is 0.0366. The third-order valence-corrected chi connectivity index (χ3v) is 4.22. The molecule has 1 aromatic carbocycles. The number of rotatable bonds is 0. The number of aromatic nitrogens is 3. The zero-order chi connectivity index (χ0) is 17.1. The summed E-state index contributed by atoms with van der Waals surface area (Å²) in [4.78, 5) is 16.5. The second-order valence-electron chi connectivity index (χ2n) is 6.04. The first-order valence-electron chi connectivity index (χ1n) is 8.44. The minimum absolute atomic E-state index is 0.0366. The molecular formula is C18H20N6O. The quantitative estimate of drug-likeness (QED) is 0.578. The highest BCUT2D eigenvalue weighted by atomic mass is 16.1. The van der Waals surface area contributed by atoms with Gasteiger partial charge in [-0.3, -0.25) is 4.79 Å². The maximum absolute atomic E-state index is 11.8. The van der Waals surface area contributed by atoms with Gasteiger partial charge in [-0.15, -0.1) is 0 Å². The molecule has 0 atom stereocenters. The Morgan fingerprint density at radius 2 is 2.04 bits per heavy atom. The van der Waals surface area contributed by atoms with Gasteiger partial charge in [0.25, 0.3) is 0 Å². The van der Waals surface area contributed by atoms with Crippen LogP contribution in [0.4, 0.5) is 5.82 Å². The highest BCUT2D eigenvalue weighted by Gasteiger charge is 2.10. The summed E-state index contributed by atoms with van der Waals surface area (Å²) in [5, 5.41) is 13.9. The molecule has 25 heavy (non-hydrogen) atoms. The van der Waals surface area contributed by atoms with Gasteiger partial charge in [0.2, 0.25) is 5.91 Å². The predicted molar refractivity (Wildman–Crippen MR) is 96.2 cm³/mol. The van der Waals surface area contributed by atoms with Crippen LogP contribution in [-0.4, -0.2) is 40.1 Å². The van der Waals surface area contributed by atoms with Crippen molar-refractivity contribution in [2.24, 2.45) is 0 Å². The van der Waals surface area contributed by atoms with Gasteiger partial charge in [0.15, 0.2) is 5.65 Å². The Hall–Kier alpha value is -2.93. The second-order valence-corrected chi connectivity index (χ2v) is 6.04. The van der Waals surface area contributed by atoms with Gasteiger partial charge in [0.05, 0.1) is 6.20 Å². The first-order valence-corrected chi connectivity index (χ1v) is 8.44. The Morgan fingerprint density at radius 3 is 3.00 bits per heavy atom. The molecule has 0 saturated carbocycles. The van der Waals surface area contributed by atoms with Crippen LogP contribution in [0.2, 0.25) is 0 Å². The lowest BCUT2D eigenvalue weighted by atomic mass is 10.1. The lowest BCUT2D eigenvalue weighted by Gasteiger charge is -2.10. The molecule has 3 N–H and O–H groups in total. The number of nitrogens with zero attached hydrogens (tertiary/aromatic N) is 3. The number of amides is 1. The number of nitrogens with one attached hydrogen (secondary N) is 3. The fourth-order valence-corrected chi connectivity index (χ4v) is 2.94. The van der Waals surface area contributed by atoms with E-state index in [1.165, 1.54) is 5.56 Å². The van der Waals surface area contributed by atoms with Crippen LogP contribution < -0.4 is 16.0 Å². The van der Waals surface area contributed by atoms with Crippen molar-refractivity contribution in [3.63, 3.8) is 0 Å². The van der Waals surface area contributed by atoms with Crippen molar-refractivity contribution in [3.8, 4) is 11.1 Å². The number of hydrogen-bond acceptors (Lipinski definition) is 5. The average molecular weight is 336 g/mol. The Morgan fingerprint density at radius 1 is 1.08 bits per heavy atom. The van der Waals surface area contributed by atoms with Gasteiger partial charge in [-0.05, 0) is 23.3 Å². The van der Waals surface area contributed by atoms with E-state index in [1.807, 2.05) is 24.5 Å². The molecule has 0 radical (unpaired) electrons. The Labute approximate surface area is 145 Å². The molecular weight excluding hydrogens is 316 g/mol. The molecule has 0 saturated heterocycles. The van der Waals surface area contributed by atoms with Gasteiger partial charge in [-0.2, -0.15) is 5.10 Å². The number of benzene rings is 1. The van der Waals surface area contributed by atoms with Gasteiger partial charge in [0, 0.05) is 44.4 Å². The smallest absolute Gasteiger partial charge is 0.221 e. The topological polar surface area (TPSA) is 83.4 Å². The van der Waals surface area contributed by atoms with Crippen LogP contribution in [0.3, 0.4) is 0 Å². The Kier molecular flexibility index (Phi) is 4.30. The molecule has 0 spiro atoms. The standard InChI is InChI=1S/C18H20N6O/c25-17-4-6-20-16-5-9-24-18(23-16)15(12-22-24)14-3-1-2-13(10-14)11-19-7-8-21-17/h1-3,5,9-10,12,19H,4,6-8,11H2,(H,20,23)(H,21,25). The summed E-state index contributed by atoms with van der Waals surface area (Å²) in [5.41, 5.74) is 4.07. The summed E-state index contributed by atoms with van der Waals surface area (Å²) in [6.07, 6.45) is 4.13. The summed E-state index contributed by atoms with van der Waals surface area (Å²) in [6.45, 7) is 2.66. The molecule has 1 aliphatic rings. The maximum atomic E-state index is 11.8. The van der Waals surface area contributed by atoms with Crippen LogP contribution in [0.25, 0.3) is 16.8 Å². The molecule has 0 fully saturated rings. The van der Waals surface area contributed by atoms with Crippen LogP contribution >= 0.6 is 0 Å². The highest BCUT2D eigenvalue weighted by molar-refractivity contribution is 5.78. The van der Waals surface area contributed by atoms with Crippen LogP contribution in [0.1, 0.15) is 12.0 Å². The molecule has 3 aromatic rings. The summed E-state index contributed by atoms with van der Waals surface area (Å²) in [7, 11) is 0. The molecule has 1 aliphatic heterocycles. The predicted octanol–water partition coefficient (Wildman–Crippen LogP) is 1.42. The van der Waals surface area contributed by atoms with Gasteiger partial charge in [0.1, 0.15) is 5.82 Å². The van der Waals surface area contributed by atoms with Crippen molar-refractivity contribution in [1.82, 2.24) is 25.2 Å². The maximum Gasteiger partial charge on any atom is 0.221 e. The van der Waals surface area contributed by atoms with E-state index in [2.05, 4.69) is 44.2 Å². The molecule has 7 heteroatoms. The van der Waals surface area contributed by atoms with E-state index in [0.29, 0.717) is 19.5 Å². The minimum Gasteiger partial charge on any atom is -0.369 e. The lowest BCUT2D eigenvalue weighted by Crippen LogP contribution is -2.32. The van der Waals surface area contributed by atoms with Crippen LogP contribution in [0.5, 0.6) is 0 Å².